The first-order chi connectivity index (χ1) is 9.99. The fraction of sp³-hybridized carbons (Fsp3) is 0.500. The number of rotatable bonds is 4. The molecular weight excluding hydrogens is 274 g/mol. The van der Waals surface area contributed by atoms with Crippen LogP contribution in [0.5, 0.6) is 0 Å². The number of aromatic nitrogens is 1. The molecule has 0 aromatic carbocycles. The highest BCUT2D eigenvalue weighted by Crippen LogP contribution is 2.18. The number of nitrogens with one attached hydrogen (secondary N) is 1. The first-order valence-corrected chi connectivity index (χ1v) is 6.83. The molecule has 21 heavy (non-hydrogen) atoms. The Morgan fingerprint density at radius 3 is 2.81 bits per heavy atom. The second kappa shape index (κ2) is 6.53. The van der Waals surface area contributed by atoms with E-state index in [-0.39, 0.29) is 17.5 Å². The molecule has 0 spiro atoms. The van der Waals surface area contributed by atoms with E-state index in [1.165, 1.54) is 12.3 Å². The molecule has 1 fully saturated rings. The van der Waals surface area contributed by atoms with Crippen LogP contribution >= 0.6 is 0 Å². The molecule has 7 nitrogen and oxygen atoms in total. The van der Waals surface area contributed by atoms with E-state index < -0.39 is 12.0 Å². The fourth-order valence-corrected chi connectivity index (χ4v) is 2.16. The highest BCUT2D eigenvalue weighted by atomic mass is 16.5. The number of nitrogens with zero attached hydrogens (tertiary/aromatic N) is 2. The van der Waals surface area contributed by atoms with Crippen molar-refractivity contribution in [1.82, 2.24) is 10.3 Å². The zero-order valence-corrected chi connectivity index (χ0v) is 12.1. The Morgan fingerprint density at radius 2 is 2.24 bits per heavy atom. The zero-order valence-electron chi connectivity index (χ0n) is 12.1. The van der Waals surface area contributed by atoms with Gasteiger partial charge in [0, 0.05) is 18.8 Å². The number of pyridine rings is 1. The Morgan fingerprint density at radius 1 is 1.48 bits per heavy atom. The van der Waals surface area contributed by atoms with Crippen LogP contribution in [0.3, 0.4) is 0 Å². The van der Waals surface area contributed by atoms with Crippen LogP contribution in [0.2, 0.25) is 0 Å². The van der Waals surface area contributed by atoms with Crippen molar-refractivity contribution < 1.29 is 19.4 Å². The van der Waals surface area contributed by atoms with Gasteiger partial charge < -0.3 is 20.1 Å². The van der Waals surface area contributed by atoms with E-state index >= 15 is 0 Å². The summed E-state index contributed by atoms with van der Waals surface area (Å²) in [6, 6.07) is 2.69. The number of amides is 1. The van der Waals surface area contributed by atoms with E-state index in [2.05, 4.69) is 10.3 Å². The normalized spacial score (nSPS) is 18.6. The second-order valence-corrected chi connectivity index (χ2v) is 5.16. The van der Waals surface area contributed by atoms with Crippen molar-refractivity contribution in [2.75, 3.05) is 24.7 Å². The van der Waals surface area contributed by atoms with Crippen molar-refractivity contribution in [3.8, 4) is 0 Å². The number of carboxylic acid groups (broad SMARTS) is 1. The molecule has 1 saturated heterocycles. The monoisotopic (exact) mass is 293 g/mol. The number of anilines is 1. The van der Waals surface area contributed by atoms with Crippen molar-refractivity contribution in [2.45, 2.75) is 25.9 Å². The van der Waals surface area contributed by atoms with Gasteiger partial charge in [0.15, 0.2) is 0 Å². The summed E-state index contributed by atoms with van der Waals surface area (Å²) in [7, 11) is 0. The van der Waals surface area contributed by atoms with E-state index in [0.29, 0.717) is 25.6 Å². The van der Waals surface area contributed by atoms with Gasteiger partial charge in [0.05, 0.1) is 18.8 Å². The Balaban J connectivity index is 2.18. The van der Waals surface area contributed by atoms with Crippen LogP contribution in [0.1, 0.15) is 24.2 Å². The number of carbonyl (C=O) groups excluding carboxylic acids is 1. The van der Waals surface area contributed by atoms with Crippen molar-refractivity contribution >= 4 is 17.7 Å². The summed E-state index contributed by atoms with van der Waals surface area (Å²) >= 11 is 0. The van der Waals surface area contributed by atoms with Gasteiger partial charge in [-0.3, -0.25) is 4.79 Å². The second-order valence-electron chi connectivity index (χ2n) is 5.16. The molecule has 114 valence electrons. The van der Waals surface area contributed by atoms with Crippen LogP contribution in [0.15, 0.2) is 18.3 Å². The molecule has 2 N–H and O–H groups in total. The number of morpholine rings is 1. The lowest BCUT2D eigenvalue weighted by Gasteiger charge is -2.35. The van der Waals surface area contributed by atoms with E-state index in [4.69, 9.17) is 9.84 Å². The molecule has 1 aromatic heterocycles. The molecule has 0 aliphatic carbocycles. The Labute approximate surface area is 122 Å². The topological polar surface area (TPSA) is 91.8 Å². The number of aromatic carboxylic acids is 1. The Hall–Kier alpha value is -2.15. The quantitative estimate of drug-likeness (QED) is 0.840. The summed E-state index contributed by atoms with van der Waals surface area (Å²) in [4.78, 5) is 29.0. The predicted molar refractivity (Wildman–Crippen MR) is 76.4 cm³/mol. The van der Waals surface area contributed by atoms with Crippen LogP contribution in [-0.4, -0.2) is 53.8 Å². The maximum Gasteiger partial charge on any atom is 0.337 e. The highest BCUT2D eigenvalue weighted by molar-refractivity contribution is 5.88. The molecule has 1 atom stereocenters. The first kappa shape index (κ1) is 15.2. The van der Waals surface area contributed by atoms with Gasteiger partial charge in [-0.15, -0.1) is 0 Å². The number of carbonyl (C=O) groups is 2. The van der Waals surface area contributed by atoms with Crippen molar-refractivity contribution in [1.29, 1.82) is 0 Å². The minimum atomic E-state index is -1.02. The Bertz CT molecular complexity index is 515. The molecule has 1 aliphatic rings. The maximum absolute atomic E-state index is 12.2. The molecule has 7 heteroatoms. The largest absolute Gasteiger partial charge is 0.478 e. The maximum atomic E-state index is 12.2. The van der Waals surface area contributed by atoms with Gasteiger partial charge in [0.1, 0.15) is 11.9 Å². The van der Waals surface area contributed by atoms with Crippen LogP contribution in [-0.2, 0) is 9.53 Å². The van der Waals surface area contributed by atoms with Gasteiger partial charge in [0.25, 0.3) is 0 Å². The molecular formula is C14H19N3O4. The third kappa shape index (κ3) is 3.69. The van der Waals surface area contributed by atoms with Crippen LogP contribution in [0.4, 0.5) is 5.82 Å². The van der Waals surface area contributed by atoms with Crippen LogP contribution in [0.25, 0.3) is 0 Å². The smallest absolute Gasteiger partial charge is 0.337 e. The minimum absolute atomic E-state index is 0.0450. The highest BCUT2D eigenvalue weighted by Gasteiger charge is 2.30. The molecule has 0 bridgehead atoms. The number of hydrogen-bond acceptors (Lipinski definition) is 5. The lowest BCUT2D eigenvalue weighted by atomic mass is 10.2. The van der Waals surface area contributed by atoms with Gasteiger partial charge in [-0.25, -0.2) is 9.78 Å². The van der Waals surface area contributed by atoms with Gasteiger partial charge in [-0.2, -0.15) is 0 Å². The van der Waals surface area contributed by atoms with Crippen molar-refractivity contribution in [3.63, 3.8) is 0 Å². The third-order valence-corrected chi connectivity index (χ3v) is 3.15. The predicted octanol–water partition coefficient (Wildman–Crippen LogP) is 0.510. The summed E-state index contributed by atoms with van der Waals surface area (Å²) < 4.78 is 5.37. The van der Waals surface area contributed by atoms with Gasteiger partial charge in [0.2, 0.25) is 5.91 Å². The fourth-order valence-electron chi connectivity index (χ4n) is 2.16. The Kier molecular flexibility index (Phi) is 4.74. The number of hydrogen-bond donors (Lipinski definition) is 2. The molecule has 1 unspecified atom stereocenters. The van der Waals surface area contributed by atoms with E-state index in [0.717, 1.165) is 0 Å². The first-order valence-electron chi connectivity index (χ1n) is 6.83. The standard InChI is InChI=1S/C14H19N3O4/c1-9(2)16-13(18)11-8-21-6-5-17(11)12-4-3-10(7-15-12)14(19)20/h3-4,7,9,11H,5-6,8H2,1-2H3,(H,16,18)(H,19,20). The molecule has 1 amide bonds. The average molecular weight is 293 g/mol. The van der Waals surface area contributed by atoms with E-state index in [1.807, 2.05) is 18.7 Å². The van der Waals surface area contributed by atoms with Gasteiger partial charge in [-0.1, -0.05) is 0 Å². The molecule has 2 rings (SSSR count). The lowest BCUT2D eigenvalue weighted by Crippen LogP contribution is -2.55. The summed E-state index contributed by atoms with van der Waals surface area (Å²) in [5.41, 5.74) is 0.121. The summed E-state index contributed by atoms with van der Waals surface area (Å²) in [6.45, 7) is 5.13. The molecule has 1 aromatic rings. The summed E-state index contributed by atoms with van der Waals surface area (Å²) in [5, 5.41) is 11.7. The summed E-state index contributed by atoms with van der Waals surface area (Å²) in [5.74, 6) is -0.564. The van der Waals surface area contributed by atoms with E-state index in [1.54, 1.807) is 6.07 Å². The molecule has 2 heterocycles. The molecule has 0 saturated carbocycles. The van der Waals surface area contributed by atoms with Crippen molar-refractivity contribution in [3.05, 3.63) is 23.9 Å². The van der Waals surface area contributed by atoms with Crippen LogP contribution < -0.4 is 10.2 Å². The van der Waals surface area contributed by atoms with Gasteiger partial charge in [-0.05, 0) is 26.0 Å². The SMILES string of the molecule is CC(C)NC(=O)C1COCCN1c1ccc(C(=O)O)cn1. The minimum Gasteiger partial charge on any atom is -0.478 e. The van der Waals surface area contributed by atoms with Gasteiger partial charge >= 0.3 is 5.97 Å². The third-order valence-electron chi connectivity index (χ3n) is 3.15. The van der Waals surface area contributed by atoms with Crippen molar-refractivity contribution in [2.24, 2.45) is 0 Å². The summed E-state index contributed by atoms with van der Waals surface area (Å²) in [6.07, 6.45) is 1.30. The molecule has 0 radical (unpaired) electrons. The van der Waals surface area contributed by atoms with Crippen LogP contribution in [0, 0.1) is 0 Å². The molecule has 1 aliphatic heterocycles. The number of carboxylic acids is 1. The van der Waals surface area contributed by atoms with E-state index in [9.17, 15) is 9.59 Å². The zero-order chi connectivity index (χ0) is 15.4. The number of ether oxygens (including phenoxy) is 1. The lowest BCUT2D eigenvalue weighted by molar-refractivity contribution is -0.125. The average Bonchev–Trinajstić information content (AvgIpc) is 2.46.